The Bertz CT molecular complexity index is 548. The highest BCUT2D eigenvalue weighted by Crippen LogP contribution is 2.27. The van der Waals surface area contributed by atoms with Gasteiger partial charge < -0.3 is 5.32 Å². The minimum absolute atomic E-state index is 0.257. The number of nitrogens with zero attached hydrogens (tertiary/aromatic N) is 4. The van der Waals surface area contributed by atoms with Crippen molar-refractivity contribution in [2.45, 2.75) is 17.5 Å². The van der Waals surface area contributed by atoms with Gasteiger partial charge in [-0.15, -0.1) is 5.10 Å². The quantitative estimate of drug-likeness (QED) is 0.812. The number of nitrogens with one attached hydrogen (secondary N) is 1. The second-order valence-corrected chi connectivity index (χ2v) is 5.53. The van der Waals surface area contributed by atoms with Gasteiger partial charge in [-0.1, -0.05) is 23.9 Å². The van der Waals surface area contributed by atoms with E-state index in [4.69, 9.17) is 0 Å². The zero-order valence-electron chi connectivity index (χ0n) is 10.3. The van der Waals surface area contributed by atoms with E-state index in [0.29, 0.717) is 16.8 Å². The number of benzene rings is 1. The van der Waals surface area contributed by atoms with Crippen LogP contribution in [0.2, 0.25) is 0 Å². The molecule has 2 rings (SSSR count). The Kier molecular flexibility index (Phi) is 5.29. The third kappa shape index (κ3) is 3.74. The van der Waals surface area contributed by atoms with Crippen LogP contribution in [0.1, 0.15) is 5.56 Å². The van der Waals surface area contributed by atoms with Gasteiger partial charge in [0.25, 0.3) is 0 Å². The van der Waals surface area contributed by atoms with Crippen molar-refractivity contribution < 1.29 is 4.39 Å². The molecule has 19 heavy (non-hydrogen) atoms. The third-order valence-corrected chi connectivity index (χ3v) is 4.35. The highest BCUT2D eigenvalue weighted by atomic mass is 79.9. The van der Waals surface area contributed by atoms with Gasteiger partial charge in [-0.25, -0.2) is 9.07 Å². The summed E-state index contributed by atoms with van der Waals surface area (Å²) in [6.45, 7) is 1.50. The van der Waals surface area contributed by atoms with Crippen LogP contribution < -0.4 is 5.32 Å². The molecule has 1 aromatic heterocycles. The first-order valence-electron chi connectivity index (χ1n) is 5.69. The summed E-state index contributed by atoms with van der Waals surface area (Å²) >= 11 is 4.73. The van der Waals surface area contributed by atoms with Crippen molar-refractivity contribution >= 4 is 27.7 Å². The highest BCUT2D eigenvalue weighted by molar-refractivity contribution is 9.10. The molecule has 2 aromatic rings. The largest absolute Gasteiger partial charge is 0.318 e. The average molecular weight is 346 g/mol. The minimum Gasteiger partial charge on any atom is -0.318 e. The van der Waals surface area contributed by atoms with Gasteiger partial charge >= 0.3 is 0 Å². The smallest absolute Gasteiger partial charge is 0.209 e. The molecule has 5 nitrogen and oxygen atoms in total. The molecule has 1 N–H and O–H groups in total. The molecule has 0 atom stereocenters. The lowest BCUT2D eigenvalue weighted by molar-refractivity contribution is 0.530. The van der Waals surface area contributed by atoms with Crippen LogP contribution in [0.4, 0.5) is 4.39 Å². The molecular weight excluding hydrogens is 333 g/mol. The first kappa shape index (κ1) is 14.4. The number of likely N-dealkylation sites (N-methyl/N-ethyl adjacent to an activating group) is 1. The molecule has 1 aromatic carbocycles. The van der Waals surface area contributed by atoms with Gasteiger partial charge in [0.05, 0.1) is 11.0 Å². The maximum absolute atomic E-state index is 13.4. The predicted molar refractivity (Wildman–Crippen MR) is 75.4 cm³/mol. The summed E-state index contributed by atoms with van der Waals surface area (Å²) < 4.78 is 15.6. The van der Waals surface area contributed by atoms with Crippen LogP contribution in [-0.2, 0) is 12.3 Å². The fourth-order valence-electron chi connectivity index (χ4n) is 1.46. The van der Waals surface area contributed by atoms with Crippen LogP contribution in [0, 0.1) is 5.82 Å². The number of hydrogen-bond acceptors (Lipinski definition) is 5. The molecule has 8 heteroatoms. The molecule has 0 radical (unpaired) electrons. The van der Waals surface area contributed by atoms with Crippen molar-refractivity contribution in [2.75, 3.05) is 13.6 Å². The number of hydrogen-bond donors (Lipinski definition) is 1. The monoisotopic (exact) mass is 345 g/mol. The lowest BCUT2D eigenvalue weighted by atomic mass is 10.2. The molecule has 0 saturated heterocycles. The van der Waals surface area contributed by atoms with E-state index in [9.17, 15) is 4.39 Å². The minimum atomic E-state index is -0.257. The van der Waals surface area contributed by atoms with E-state index in [1.54, 1.807) is 10.7 Å². The van der Waals surface area contributed by atoms with E-state index >= 15 is 0 Å². The summed E-state index contributed by atoms with van der Waals surface area (Å²) in [5, 5.41) is 15.3. The van der Waals surface area contributed by atoms with Crippen LogP contribution >= 0.6 is 27.7 Å². The number of aromatic nitrogens is 4. The van der Waals surface area contributed by atoms with Gasteiger partial charge in [0, 0.05) is 12.3 Å². The highest BCUT2D eigenvalue weighted by Gasteiger charge is 2.09. The van der Waals surface area contributed by atoms with Crippen LogP contribution in [0.3, 0.4) is 0 Å². The summed E-state index contributed by atoms with van der Waals surface area (Å²) in [7, 11) is 1.88. The average Bonchev–Trinajstić information content (AvgIpc) is 2.85. The van der Waals surface area contributed by atoms with Crippen LogP contribution in [0.15, 0.2) is 27.8 Å². The number of thioether (sulfide) groups is 1. The second-order valence-electron chi connectivity index (χ2n) is 3.79. The van der Waals surface area contributed by atoms with Crippen molar-refractivity contribution in [3.8, 4) is 0 Å². The van der Waals surface area contributed by atoms with Gasteiger partial charge in [0.15, 0.2) is 0 Å². The Labute approximate surface area is 123 Å². The molecule has 1 heterocycles. The van der Waals surface area contributed by atoms with Crippen molar-refractivity contribution in [3.63, 3.8) is 0 Å². The van der Waals surface area contributed by atoms with Crippen LogP contribution in [0.25, 0.3) is 0 Å². The molecule has 102 valence electrons. The molecule has 0 aliphatic carbocycles. The maximum atomic E-state index is 13.4. The normalized spacial score (nSPS) is 10.9. The molecule has 0 fully saturated rings. The standard InChI is InChI=1S/C11H13BrFN5S/c1-14-5-6-18-11(15-16-17-18)19-7-8-3-2-4-9(13)10(8)12/h2-4,14H,5-7H2,1H3. The molecule has 0 aliphatic rings. The van der Waals surface area contributed by atoms with Crippen molar-refractivity contribution in [1.29, 1.82) is 0 Å². The van der Waals surface area contributed by atoms with Gasteiger partial charge in [-0.2, -0.15) is 0 Å². The van der Waals surface area contributed by atoms with Crippen molar-refractivity contribution in [3.05, 3.63) is 34.1 Å². The lowest BCUT2D eigenvalue weighted by Gasteiger charge is -2.05. The summed E-state index contributed by atoms with van der Waals surface area (Å²) in [5.41, 5.74) is 0.883. The van der Waals surface area contributed by atoms with E-state index in [-0.39, 0.29) is 5.82 Å². The molecule has 0 unspecified atom stereocenters. The topological polar surface area (TPSA) is 55.6 Å². The van der Waals surface area contributed by atoms with Gasteiger partial charge in [0.2, 0.25) is 5.16 Å². The maximum Gasteiger partial charge on any atom is 0.209 e. The van der Waals surface area contributed by atoms with Crippen LogP contribution in [0.5, 0.6) is 0 Å². The van der Waals surface area contributed by atoms with E-state index in [1.165, 1.54) is 17.8 Å². The fraction of sp³-hybridized carbons (Fsp3) is 0.364. The summed E-state index contributed by atoms with van der Waals surface area (Å²) in [5.74, 6) is 0.353. The lowest BCUT2D eigenvalue weighted by Crippen LogP contribution is -2.16. The Morgan fingerprint density at radius 2 is 2.32 bits per heavy atom. The Morgan fingerprint density at radius 3 is 3.11 bits per heavy atom. The Balaban J connectivity index is 2.02. The zero-order valence-corrected chi connectivity index (χ0v) is 12.7. The number of halogens is 2. The van der Waals surface area contributed by atoms with E-state index < -0.39 is 0 Å². The van der Waals surface area contributed by atoms with Crippen LogP contribution in [-0.4, -0.2) is 33.8 Å². The summed E-state index contributed by atoms with van der Waals surface area (Å²) in [6.07, 6.45) is 0. The van der Waals surface area contributed by atoms with Gasteiger partial charge in [-0.3, -0.25) is 0 Å². The molecule has 0 saturated carbocycles. The van der Waals surface area contributed by atoms with Gasteiger partial charge in [0.1, 0.15) is 5.82 Å². The SMILES string of the molecule is CNCCn1nnnc1SCc1cccc(F)c1Br. The zero-order chi connectivity index (χ0) is 13.7. The molecule has 0 amide bonds. The number of rotatable bonds is 6. The first-order chi connectivity index (χ1) is 9.22. The Morgan fingerprint density at radius 1 is 1.47 bits per heavy atom. The molecule has 0 bridgehead atoms. The van der Waals surface area contributed by atoms with E-state index in [2.05, 4.69) is 36.8 Å². The fourth-order valence-corrected chi connectivity index (χ4v) is 2.95. The van der Waals surface area contributed by atoms with Crippen molar-refractivity contribution in [2.24, 2.45) is 0 Å². The predicted octanol–water partition coefficient (Wildman–Crippen LogP) is 2.09. The third-order valence-electron chi connectivity index (χ3n) is 2.46. The van der Waals surface area contributed by atoms with Crippen molar-refractivity contribution in [1.82, 2.24) is 25.5 Å². The second kappa shape index (κ2) is 6.97. The Hall–Kier alpha value is -0.990. The van der Waals surface area contributed by atoms with Gasteiger partial charge in [-0.05, 0) is 45.0 Å². The van der Waals surface area contributed by atoms with E-state index in [0.717, 1.165) is 17.3 Å². The van der Waals surface area contributed by atoms with E-state index in [1.807, 2.05) is 13.1 Å². The molecular formula is C11H13BrFN5S. The molecule has 0 aliphatic heterocycles. The first-order valence-corrected chi connectivity index (χ1v) is 7.46. The molecule has 0 spiro atoms. The number of tetrazole rings is 1. The summed E-state index contributed by atoms with van der Waals surface area (Å²) in [6, 6.07) is 5.00. The summed E-state index contributed by atoms with van der Waals surface area (Å²) in [4.78, 5) is 0.